The molecule has 1 aromatic rings. The summed E-state index contributed by atoms with van der Waals surface area (Å²) in [5.74, 6) is -0.0634. The van der Waals surface area contributed by atoms with Crippen LogP contribution >= 0.6 is 31.9 Å². The van der Waals surface area contributed by atoms with Crippen LogP contribution in [-0.4, -0.2) is 38.3 Å². The molecule has 0 saturated carbocycles. The van der Waals surface area contributed by atoms with Crippen LogP contribution in [-0.2, 0) is 14.8 Å². The minimum atomic E-state index is -3.56. The number of carbonyl (C=O) groups is 1. The molecule has 0 unspecified atom stereocenters. The Morgan fingerprint density at radius 1 is 1.30 bits per heavy atom. The molecule has 0 aliphatic carbocycles. The minimum absolute atomic E-state index is 0.0348. The van der Waals surface area contributed by atoms with Crippen molar-refractivity contribution in [3.8, 4) is 0 Å². The number of nitrogens with one attached hydrogen (secondary N) is 1. The topological polar surface area (TPSA) is 66.5 Å². The number of hydrogen-bond donors (Lipinski definition) is 1. The zero-order valence-electron chi connectivity index (χ0n) is 12.9. The molecule has 0 spiro atoms. The van der Waals surface area contributed by atoms with Crippen molar-refractivity contribution in [1.29, 1.82) is 0 Å². The number of piperidine rings is 1. The van der Waals surface area contributed by atoms with E-state index in [4.69, 9.17) is 0 Å². The average molecular weight is 468 g/mol. The van der Waals surface area contributed by atoms with Crippen molar-refractivity contribution in [1.82, 2.24) is 9.62 Å². The first-order valence-corrected chi connectivity index (χ1v) is 10.6. The molecule has 1 aromatic carbocycles. The second-order valence-corrected chi connectivity index (χ2v) is 9.22. The normalized spacial score (nSPS) is 17.2. The molecule has 1 saturated heterocycles. The van der Waals surface area contributed by atoms with Crippen LogP contribution in [0.4, 0.5) is 0 Å². The van der Waals surface area contributed by atoms with Crippen LogP contribution in [0.15, 0.2) is 32.0 Å². The van der Waals surface area contributed by atoms with Gasteiger partial charge in [0.15, 0.2) is 0 Å². The first-order chi connectivity index (χ1) is 10.9. The van der Waals surface area contributed by atoms with E-state index in [-0.39, 0.29) is 16.7 Å². The van der Waals surface area contributed by atoms with Gasteiger partial charge in [0.2, 0.25) is 15.9 Å². The van der Waals surface area contributed by atoms with E-state index in [1.54, 1.807) is 18.2 Å². The first-order valence-electron chi connectivity index (χ1n) is 7.59. The molecule has 1 heterocycles. The van der Waals surface area contributed by atoms with Crippen LogP contribution in [0, 0.1) is 5.92 Å². The van der Waals surface area contributed by atoms with Gasteiger partial charge in [-0.05, 0) is 53.4 Å². The molecule has 1 aliphatic heterocycles. The number of carbonyl (C=O) groups excluding carboxylic acids is 1. The molecule has 0 atom stereocenters. The third-order valence-corrected chi connectivity index (χ3v) is 7.27. The van der Waals surface area contributed by atoms with Gasteiger partial charge < -0.3 is 5.32 Å². The summed E-state index contributed by atoms with van der Waals surface area (Å²) in [4.78, 5) is 12.2. The lowest BCUT2D eigenvalue weighted by Crippen LogP contribution is -2.43. The number of sulfonamides is 1. The van der Waals surface area contributed by atoms with Gasteiger partial charge in [-0.1, -0.05) is 22.9 Å². The predicted molar refractivity (Wildman–Crippen MR) is 96.6 cm³/mol. The number of rotatable bonds is 5. The molecule has 23 heavy (non-hydrogen) atoms. The van der Waals surface area contributed by atoms with Gasteiger partial charge in [0.05, 0.1) is 4.90 Å². The van der Waals surface area contributed by atoms with Crippen LogP contribution < -0.4 is 5.32 Å². The molecule has 128 valence electrons. The summed E-state index contributed by atoms with van der Waals surface area (Å²) in [7, 11) is -3.56. The van der Waals surface area contributed by atoms with Crippen molar-refractivity contribution in [3.63, 3.8) is 0 Å². The summed E-state index contributed by atoms with van der Waals surface area (Å²) in [5, 5.41) is 2.88. The van der Waals surface area contributed by atoms with Gasteiger partial charge >= 0.3 is 0 Å². The average Bonchev–Trinajstić information content (AvgIpc) is 2.54. The van der Waals surface area contributed by atoms with Gasteiger partial charge in [-0.2, -0.15) is 4.31 Å². The van der Waals surface area contributed by atoms with Gasteiger partial charge in [-0.25, -0.2) is 8.42 Å². The molecule has 2 rings (SSSR count). The third-order valence-electron chi connectivity index (χ3n) is 3.89. The van der Waals surface area contributed by atoms with Gasteiger partial charge in [0.25, 0.3) is 0 Å². The van der Waals surface area contributed by atoms with Gasteiger partial charge in [-0.3, -0.25) is 4.79 Å². The highest BCUT2D eigenvalue weighted by molar-refractivity contribution is 9.11. The fourth-order valence-corrected chi connectivity index (χ4v) is 5.50. The molecule has 0 aromatic heterocycles. The maximum atomic E-state index is 12.8. The summed E-state index contributed by atoms with van der Waals surface area (Å²) in [6.45, 7) is 3.41. The standard InChI is InChI=1S/C15H20Br2N2O3S/c1-2-7-18-15(20)11-5-8-19(9-6-11)23(21,22)14-10-12(16)3-4-13(14)17/h3-4,10-11H,2,5-9H2,1H3,(H,18,20). The van der Waals surface area contributed by atoms with E-state index < -0.39 is 10.0 Å². The molecule has 1 aliphatic rings. The van der Waals surface area contributed by atoms with E-state index in [1.165, 1.54) is 4.31 Å². The lowest BCUT2D eigenvalue weighted by Gasteiger charge is -2.30. The summed E-state index contributed by atoms with van der Waals surface area (Å²) in [6.07, 6.45) is 2.01. The molecule has 1 fully saturated rings. The number of halogens is 2. The molecule has 0 bridgehead atoms. The highest BCUT2D eigenvalue weighted by atomic mass is 79.9. The summed E-state index contributed by atoms with van der Waals surface area (Å²) in [5.41, 5.74) is 0. The fourth-order valence-electron chi connectivity index (χ4n) is 2.56. The zero-order chi connectivity index (χ0) is 17.0. The van der Waals surface area contributed by atoms with E-state index in [2.05, 4.69) is 37.2 Å². The molecular weight excluding hydrogens is 448 g/mol. The van der Waals surface area contributed by atoms with Crippen LogP contribution in [0.1, 0.15) is 26.2 Å². The number of hydrogen-bond acceptors (Lipinski definition) is 3. The summed E-state index contributed by atoms with van der Waals surface area (Å²) in [6, 6.07) is 5.09. The van der Waals surface area contributed by atoms with Crippen LogP contribution in [0.2, 0.25) is 0 Å². The van der Waals surface area contributed by atoms with E-state index >= 15 is 0 Å². The SMILES string of the molecule is CCCNC(=O)C1CCN(S(=O)(=O)c2cc(Br)ccc2Br)CC1. The van der Waals surface area contributed by atoms with Crippen molar-refractivity contribution in [2.24, 2.45) is 5.92 Å². The molecule has 0 radical (unpaired) electrons. The van der Waals surface area contributed by atoms with E-state index in [9.17, 15) is 13.2 Å². The van der Waals surface area contributed by atoms with E-state index in [0.717, 1.165) is 6.42 Å². The minimum Gasteiger partial charge on any atom is -0.356 e. The van der Waals surface area contributed by atoms with E-state index in [0.29, 0.717) is 41.4 Å². The fraction of sp³-hybridized carbons (Fsp3) is 0.533. The Balaban J connectivity index is 2.07. The Bertz CT molecular complexity index is 671. The molecule has 8 heteroatoms. The largest absolute Gasteiger partial charge is 0.356 e. The summed E-state index contributed by atoms with van der Waals surface area (Å²) < 4.78 is 28.3. The van der Waals surface area contributed by atoms with E-state index in [1.807, 2.05) is 6.92 Å². The first kappa shape index (κ1) is 18.9. The Hall–Kier alpha value is -0.440. The van der Waals surface area contributed by atoms with Crippen molar-refractivity contribution in [2.75, 3.05) is 19.6 Å². The van der Waals surface area contributed by atoms with Gasteiger partial charge in [0, 0.05) is 34.5 Å². The maximum Gasteiger partial charge on any atom is 0.244 e. The smallest absolute Gasteiger partial charge is 0.244 e. The monoisotopic (exact) mass is 466 g/mol. The lowest BCUT2D eigenvalue weighted by atomic mass is 9.97. The Morgan fingerprint density at radius 3 is 2.57 bits per heavy atom. The van der Waals surface area contributed by atoms with Crippen molar-refractivity contribution in [3.05, 3.63) is 27.1 Å². The third kappa shape index (κ3) is 4.55. The van der Waals surface area contributed by atoms with Crippen LogP contribution in [0.5, 0.6) is 0 Å². The molecule has 1 N–H and O–H groups in total. The van der Waals surface area contributed by atoms with Crippen molar-refractivity contribution >= 4 is 47.8 Å². The highest BCUT2D eigenvalue weighted by Crippen LogP contribution is 2.30. The Kier molecular flexibility index (Phi) is 6.65. The number of nitrogens with zero attached hydrogens (tertiary/aromatic N) is 1. The van der Waals surface area contributed by atoms with Gasteiger partial charge in [-0.15, -0.1) is 0 Å². The van der Waals surface area contributed by atoms with Crippen LogP contribution in [0.25, 0.3) is 0 Å². The zero-order valence-corrected chi connectivity index (χ0v) is 16.9. The Labute approximate surface area is 154 Å². The molecular formula is C15H20Br2N2O3S. The highest BCUT2D eigenvalue weighted by Gasteiger charge is 2.33. The van der Waals surface area contributed by atoms with Crippen molar-refractivity contribution < 1.29 is 13.2 Å². The predicted octanol–water partition coefficient (Wildman–Crippen LogP) is 3.14. The maximum absolute atomic E-state index is 12.8. The molecule has 1 amide bonds. The second-order valence-electron chi connectivity index (χ2n) is 5.54. The second kappa shape index (κ2) is 8.09. The number of amides is 1. The quantitative estimate of drug-likeness (QED) is 0.723. The number of benzene rings is 1. The molecule has 5 nitrogen and oxygen atoms in total. The van der Waals surface area contributed by atoms with Crippen molar-refractivity contribution in [2.45, 2.75) is 31.1 Å². The summed E-state index contributed by atoms with van der Waals surface area (Å²) >= 11 is 6.61. The lowest BCUT2D eigenvalue weighted by molar-refractivity contribution is -0.126. The Morgan fingerprint density at radius 2 is 1.96 bits per heavy atom. The van der Waals surface area contributed by atoms with Gasteiger partial charge in [0.1, 0.15) is 0 Å². The van der Waals surface area contributed by atoms with Crippen LogP contribution in [0.3, 0.4) is 0 Å².